The van der Waals surface area contributed by atoms with Crippen LogP contribution >= 0.6 is 11.8 Å². The summed E-state index contributed by atoms with van der Waals surface area (Å²) in [4.78, 5) is 12.5. The highest BCUT2D eigenvalue weighted by Crippen LogP contribution is 2.28. The molecule has 1 aliphatic carbocycles. The zero-order valence-electron chi connectivity index (χ0n) is 16.8. The highest BCUT2D eigenvalue weighted by molar-refractivity contribution is 7.99. The molecule has 0 aliphatic heterocycles. The molecular formula is C21H26N4O3S. The highest BCUT2D eigenvalue weighted by atomic mass is 32.2. The Balaban J connectivity index is 1.48. The fourth-order valence-electron chi connectivity index (χ4n) is 3.82. The van der Waals surface area contributed by atoms with Crippen LogP contribution in [0.3, 0.4) is 0 Å². The fourth-order valence-corrected chi connectivity index (χ4v) is 4.57. The third-order valence-corrected chi connectivity index (χ3v) is 6.47. The van der Waals surface area contributed by atoms with Gasteiger partial charge in [-0.25, -0.2) is 0 Å². The largest absolute Gasteiger partial charge is 0.469 e. The van der Waals surface area contributed by atoms with Crippen LogP contribution in [0, 0.1) is 12.8 Å². The minimum Gasteiger partial charge on any atom is -0.469 e. The van der Waals surface area contributed by atoms with Gasteiger partial charge in [-0.2, -0.15) is 0 Å². The predicted molar refractivity (Wildman–Crippen MR) is 111 cm³/mol. The van der Waals surface area contributed by atoms with E-state index in [1.807, 2.05) is 29.7 Å². The van der Waals surface area contributed by atoms with Gasteiger partial charge in [-0.3, -0.25) is 9.36 Å². The molecule has 0 saturated heterocycles. The zero-order chi connectivity index (χ0) is 20.2. The lowest BCUT2D eigenvalue weighted by atomic mass is 9.86. The van der Waals surface area contributed by atoms with E-state index in [-0.39, 0.29) is 11.9 Å². The summed E-state index contributed by atoms with van der Waals surface area (Å²) in [5, 5.41) is 12.6. The molecule has 3 heterocycles. The van der Waals surface area contributed by atoms with Crippen LogP contribution in [0.4, 0.5) is 0 Å². The molecule has 7 nitrogen and oxygen atoms in total. The lowest BCUT2D eigenvalue weighted by Crippen LogP contribution is -2.41. The molecule has 0 unspecified atom stereocenters. The van der Waals surface area contributed by atoms with Crippen LogP contribution in [0.25, 0.3) is 11.4 Å². The van der Waals surface area contributed by atoms with Gasteiger partial charge in [0.2, 0.25) is 5.91 Å². The maximum absolute atomic E-state index is 12.5. The Morgan fingerprint density at radius 1 is 1.24 bits per heavy atom. The van der Waals surface area contributed by atoms with Crippen molar-refractivity contribution in [3.63, 3.8) is 0 Å². The monoisotopic (exact) mass is 414 g/mol. The van der Waals surface area contributed by atoms with Crippen LogP contribution in [-0.2, 0) is 11.3 Å². The van der Waals surface area contributed by atoms with Gasteiger partial charge in [-0.05, 0) is 43.9 Å². The number of thioether (sulfide) groups is 1. The standard InChI is InChI=1S/C21H26N4O3S/c1-14-6-3-4-8-18(14)22-19(26)13-29-21-24-23-20(17-9-11-27-15(17)2)25(21)12-16-7-5-10-28-16/h5,7,9-11,14,18H,3-4,6,8,12-13H2,1-2H3,(H,22,26)/t14-,18+/m0/s1. The third-order valence-electron chi connectivity index (χ3n) is 5.50. The number of rotatable bonds is 7. The molecule has 0 radical (unpaired) electrons. The second-order valence-corrected chi connectivity index (χ2v) is 8.53. The van der Waals surface area contributed by atoms with Gasteiger partial charge in [-0.1, -0.05) is 31.5 Å². The molecule has 1 saturated carbocycles. The van der Waals surface area contributed by atoms with Gasteiger partial charge in [0.1, 0.15) is 11.5 Å². The van der Waals surface area contributed by atoms with E-state index in [9.17, 15) is 4.79 Å². The number of hydrogen-bond acceptors (Lipinski definition) is 6. The van der Waals surface area contributed by atoms with Gasteiger partial charge in [-0.15, -0.1) is 10.2 Å². The second kappa shape index (κ2) is 8.90. The molecule has 4 rings (SSSR count). The van der Waals surface area contributed by atoms with Gasteiger partial charge in [0, 0.05) is 6.04 Å². The average molecular weight is 415 g/mol. The molecule has 8 heteroatoms. The number of aryl methyl sites for hydroxylation is 1. The van der Waals surface area contributed by atoms with E-state index < -0.39 is 0 Å². The van der Waals surface area contributed by atoms with E-state index in [0.717, 1.165) is 23.5 Å². The summed E-state index contributed by atoms with van der Waals surface area (Å²) < 4.78 is 12.9. The normalized spacial score (nSPS) is 19.4. The summed E-state index contributed by atoms with van der Waals surface area (Å²) in [6.45, 7) is 4.60. The number of nitrogens with one attached hydrogen (secondary N) is 1. The Morgan fingerprint density at radius 3 is 2.83 bits per heavy atom. The van der Waals surface area contributed by atoms with Crippen LogP contribution in [-0.4, -0.2) is 32.5 Å². The summed E-state index contributed by atoms with van der Waals surface area (Å²) in [5.74, 6) is 3.17. The molecule has 3 aromatic rings. The summed E-state index contributed by atoms with van der Waals surface area (Å²) in [7, 11) is 0. The van der Waals surface area contributed by atoms with Crippen molar-refractivity contribution in [2.75, 3.05) is 5.75 Å². The summed E-state index contributed by atoms with van der Waals surface area (Å²) in [6.07, 6.45) is 7.98. The Labute approximate surface area is 174 Å². The first-order chi connectivity index (χ1) is 14.1. The van der Waals surface area contributed by atoms with E-state index in [4.69, 9.17) is 8.83 Å². The topological polar surface area (TPSA) is 86.1 Å². The van der Waals surface area contributed by atoms with Crippen LogP contribution in [0.5, 0.6) is 0 Å². The average Bonchev–Trinajstić information content (AvgIpc) is 3.44. The fraction of sp³-hybridized carbons (Fsp3) is 0.476. The van der Waals surface area contributed by atoms with Crippen molar-refractivity contribution in [2.24, 2.45) is 5.92 Å². The SMILES string of the molecule is Cc1occc1-c1nnc(SCC(=O)N[C@@H]2CCCC[C@@H]2C)n1Cc1ccco1. The van der Waals surface area contributed by atoms with Crippen molar-refractivity contribution in [1.82, 2.24) is 20.1 Å². The number of aromatic nitrogens is 3. The van der Waals surface area contributed by atoms with E-state index in [1.165, 1.54) is 31.0 Å². The number of carbonyl (C=O) groups is 1. The number of nitrogens with zero attached hydrogens (tertiary/aromatic N) is 3. The zero-order valence-corrected chi connectivity index (χ0v) is 17.6. The molecule has 0 aromatic carbocycles. The molecular weight excluding hydrogens is 388 g/mol. The lowest BCUT2D eigenvalue weighted by Gasteiger charge is -2.29. The number of furan rings is 2. The molecule has 0 spiro atoms. The number of carbonyl (C=O) groups excluding carboxylic acids is 1. The van der Waals surface area contributed by atoms with E-state index in [0.29, 0.717) is 29.2 Å². The minimum absolute atomic E-state index is 0.0438. The molecule has 1 fully saturated rings. The number of hydrogen-bond donors (Lipinski definition) is 1. The lowest BCUT2D eigenvalue weighted by molar-refractivity contribution is -0.119. The smallest absolute Gasteiger partial charge is 0.230 e. The van der Waals surface area contributed by atoms with E-state index in [2.05, 4.69) is 22.4 Å². The molecule has 2 atom stereocenters. The van der Waals surface area contributed by atoms with Crippen molar-refractivity contribution in [3.8, 4) is 11.4 Å². The molecule has 1 N–H and O–H groups in total. The molecule has 154 valence electrons. The summed E-state index contributed by atoms with van der Waals surface area (Å²) in [5.41, 5.74) is 0.886. The predicted octanol–water partition coefficient (Wildman–Crippen LogP) is 4.27. The minimum atomic E-state index is 0.0438. The van der Waals surface area contributed by atoms with Crippen LogP contribution < -0.4 is 5.32 Å². The molecule has 1 aliphatic rings. The van der Waals surface area contributed by atoms with Crippen molar-refractivity contribution < 1.29 is 13.6 Å². The van der Waals surface area contributed by atoms with Crippen LogP contribution in [0.1, 0.15) is 44.1 Å². The maximum atomic E-state index is 12.5. The quantitative estimate of drug-likeness (QED) is 0.581. The molecule has 3 aromatic heterocycles. The molecule has 0 bridgehead atoms. The van der Waals surface area contributed by atoms with Crippen LogP contribution in [0.2, 0.25) is 0 Å². The maximum Gasteiger partial charge on any atom is 0.230 e. The van der Waals surface area contributed by atoms with Gasteiger partial charge in [0.05, 0.1) is 30.4 Å². The Bertz CT molecular complexity index is 947. The first-order valence-electron chi connectivity index (χ1n) is 10.0. The number of amides is 1. The van der Waals surface area contributed by atoms with Crippen LogP contribution in [0.15, 0.2) is 44.7 Å². The van der Waals surface area contributed by atoms with Crippen molar-refractivity contribution >= 4 is 17.7 Å². The Morgan fingerprint density at radius 2 is 2.10 bits per heavy atom. The summed E-state index contributed by atoms with van der Waals surface area (Å²) in [6, 6.07) is 5.93. The van der Waals surface area contributed by atoms with E-state index >= 15 is 0 Å². The van der Waals surface area contributed by atoms with E-state index in [1.54, 1.807) is 12.5 Å². The van der Waals surface area contributed by atoms with Crippen molar-refractivity contribution in [1.29, 1.82) is 0 Å². The Hall–Kier alpha value is -2.48. The highest BCUT2D eigenvalue weighted by Gasteiger charge is 2.24. The van der Waals surface area contributed by atoms with Gasteiger partial charge < -0.3 is 14.2 Å². The van der Waals surface area contributed by atoms with Crippen molar-refractivity contribution in [2.45, 2.75) is 57.3 Å². The second-order valence-electron chi connectivity index (χ2n) is 7.59. The van der Waals surface area contributed by atoms with Gasteiger partial charge >= 0.3 is 0 Å². The summed E-state index contributed by atoms with van der Waals surface area (Å²) >= 11 is 1.40. The Kier molecular flexibility index (Phi) is 6.08. The molecule has 1 amide bonds. The van der Waals surface area contributed by atoms with Gasteiger partial charge in [0.15, 0.2) is 11.0 Å². The van der Waals surface area contributed by atoms with Gasteiger partial charge in [0.25, 0.3) is 0 Å². The van der Waals surface area contributed by atoms with Crippen molar-refractivity contribution in [3.05, 3.63) is 42.2 Å². The first-order valence-corrected chi connectivity index (χ1v) is 11.0. The molecule has 29 heavy (non-hydrogen) atoms. The third kappa shape index (κ3) is 4.58. The first kappa shape index (κ1) is 19.8.